The fourth-order valence-electron chi connectivity index (χ4n) is 1.87. The van der Waals surface area contributed by atoms with Crippen LogP contribution < -0.4 is 16.6 Å². The number of aromatic nitrogens is 2. The monoisotopic (exact) mass is 283 g/mol. The van der Waals surface area contributed by atoms with Gasteiger partial charge in [-0.25, -0.2) is 15.8 Å². The predicted octanol–water partition coefficient (Wildman–Crippen LogP) is 2.71. The highest BCUT2D eigenvalue weighted by Crippen LogP contribution is 2.18. The highest BCUT2D eigenvalue weighted by Gasteiger charge is 2.07. The lowest BCUT2D eigenvalue weighted by atomic mass is 10.2. The van der Waals surface area contributed by atoms with Gasteiger partial charge in [0.05, 0.1) is 0 Å². The average Bonchev–Trinajstić information content (AvgIpc) is 2.41. The van der Waals surface area contributed by atoms with Gasteiger partial charge in [0.25, 0.3) is 0 Å². The zero-order valence-corrected chi connectivity index (χ0v) is 12.9. The van der Waals surface area contributed by atoms with Gasteiger partial charge >= 0.3 is 0 Å². The van der Waals surface area contributed by atoms with Crippen molar-refractivity contribution in [2.24, 2.45) is 5.84 Å². The maximum Gasteiger partial charge on any atom is 0.148 e. The number of rotatable bonds is 9. The highest BCUT2D eigenvalue weighted by molar-refractivity contribution is 7.98. The maximum absolute atomic E-state index is 5.44. The van der Waals surface area contributed by atoms with Crippen molar-refractivity contribution >= 4 is 23.4 Å². The number of anilines is 2. The van der Waals surface area contributed by atoms with E-state index >= 15 is 0 Å². The Morgan fingerprint density at radius 2 is 1.74 bits per heavy atom. The van der Waals surface area contributed by atoms with Gasteiger partial charge in [-0.2, -0.15) is 11.8 Å². The standard InChI is InChI=1S/C13H25N5S/c1-10-12(16-11(2)17-13(10)18-14)15-8-6-4-5-7-9-19-3/h4-9,14H2,1-3H3,(H2,15,16,17,18). The summed E-state index contributed by atoms with van der Waals surface area (Å²) >= 11 is 1.92. The summed E-state index contributed by atoms with van der Waals surface area (Å²) < 4.78 is 0. The van der Waals surface area contributed by atoms with Crippen LogP contribution in [0.3, 0.4) is 0 Å². The first-order valence-electron chi connectivity index (χ1n) is 6.73. The molecule has 0 aliphatic rings. The number of hydrogen-bond acceptors (Lipinski definition) is 6. The van der Waals surface area contributed by atoms with E-state index in [-0.39, 0.29) is 0 Å². The molecule has 19 heavy (non-hydrogen) atoms. The molecule has 6 heteroatoms. The lowest BCUT2D eigenvalue weighted by Crippen LogP contribution is -2.14. The van der Waals surface area contributed by atoms with Gasteiger partial charge in [0.1, 0.15) is 17.5 Å². The lowest BCUT2D eigenvalue weighted by molar-refractivity contribution is 0.688. The molecule has 0 saturated heterocycles. The highest BCUT2D eigenvalue weighted by atomic mass is 32.2. The summed E-state index contributed by atoms with van der Waals surface area (Å²) in [5.74, 6) is 9.00. The van der Waals surface area contributed by atoms with E-state index in [0.29, 0.717) is 5.82 Å². The van der Waals surface area contributed by atoms with Crippen LogP contribution in [-0.4, -0.2) is 28.5 Å². The smallest absolute Gasteiger partial charge is 0.148 e. The van der Waals surface area contributed by atoms with Crippen LogP contribution in [0.2, 0.25) is 0 Å². The van der Waals surface area contributed by atoms with Gasteiger partial charge in [0.15, 0.2) is 0 Å². The molecule has 108 valence electrons. The molecule has 0 unspecified atom stereocenters. The Kier molecular flexibility index (Phi) is 7.59. The SMILES string of the molecule is CSCCCCCCNc1nc(C)nc(NN)c1C. The largest absolute Gasteiger partial charge is 0.370 e. The Hall–Kier alpha value is -1.01. The van der Waals surface area contributed by atoms with Crippen molar-refractivity contribution < 1.29 is 0 Å². The molecule has 0 aliphatic heterocycles. The summed E-state index contributed by atoms with van der Waals surface area (Å²) in [5, 5.41) is 3.37. The van der Waals surface area contributed by atoms with Gasteiger partial charge < -0.3 is 10.7 Å². The molecule has 1 aromatic heterocycles. The molecular formula is C13H25N5S. The number of unbranched alkanes of at least 4 members (excludes halogenated alkanes) is 3. The molecule has 0 atom stereocenters. The summed E-state index contributed by atoms with van der Waals surface area (Å²) in [6.07, 6.45) is 7.21. The molecule has 0 aromatic carbocycles. The van der Waals surface area contributed by atoms with Crippen LogP contribution in [0.1, 0.15) is 37.1 Å². The molecule has 0 bridgehead atoms. The van der Waals surface area contributed by atoms with Gasteiger partial charge in [-0.3, -0.25) is 0 Å². The Labute approximate surface area is 120 Å². The lowest BCUT2D eigenvalue weighted by Gasteiger charge is -2.12. The molecule has 0 spiro atoms. The van der Waals surface area contributed by atoms with Gasteiger partial charge in [-0.15, -0.1) is 0 Å². The van der Waals surface area contributed by atoms with Crippen LogP contribution in [0.4, 0.5) is 11.6 Å². The topological polar surface area (TPSA) is 75.9 Å². The molecule has 0 aliphatic carbocycles. The van der Waals surface area contributed by atoms with Crippen LogP contribution in [0.15, 0.2) is 0 Å². The minimum absolute atomic E-state index is 0.690. The second kappa shape index (κ2) is 8.98. The molecule has 0 fully saturated rings. The first-order valence-corrected chi connectivity index (χ1v) is 8.13. The number of nitrogen functional groups attached to an aromatic ring is 1. The summed E-state index contributed by atoms with van der Waals surface area (Å²) in [6.45, 7) is 4.78. The van der Waals surface area contributed by atoms with Crippen LogP contribution in [0.25, 0.3) is 0 Å². The fourth-order valence-corrected chi connectivity index (χ4v) is 2.37. The molecule has 1 rings (SSSR count). The van der Waals surface area contributed by atoms with Crippen LogP contribution in [0.5, 0.6) is 0 Å². The molecule has 1 heterocycles. The van der Waals surface area contributed by atoms with Crippen LogP contribution in [0, 0.1) is 13.8 Å². The Bertz CT molecular complexity index is 384. The van der Waals surface area contributed by atoms with Gasteiger partial charge in [0.2, 0.25) is 0 Å². The molecule has 0 radical (unpaired) electrons. The second-order valence-electron chi connectivity index (χ2n) is 4.57. The number of aryl methyl sites for hydroxylation is 1. The minimum atomic E-state index is 0.690. The van der Waals surface area contributed by atoms with E-state index in [9.17, 15) is 0 Å². The second-order valence-corrected chi connectivity index (χ2v) is 5.56. The van der Waals surface area contributed by atoms with Crippen molar-refractivity contribution in [2.75, 3.05) is 29.3 Å². The van der Waals surface area contributed by atoms with E-state index in [1.54, 1.807) is 0 Å². The van der Waals surface area contributed by atoms with Crippen LogP contribution in [-0.2, 0) is 0 Å². The number of thioether (sulfide) groups is 1. The molecule has 4 N–H and O–H groups in total. The minimum Gasteiger partial charge on any atom is -0.370 e. The summed E-state index contributed by atoms with van der Waals surface area (Å²) in [5.41, 5.74) is 3.58. The first kappa shape index (κ1) is 16.0. The number of nitrogens with one attached hydrogen (secondary N) is 2. The Morgan fingerprint density at radius 3 is 2.42 bits per heavy atom. The Morgan fingerprint density at radius 1 is 1.05 bits per heavy atom. The number of nitrogens with zero attached hydrogens (tertiary/aromatic N) is 2. The zero-order chi connectivity index (χ0) is 14.1. The third-order valence-corrected chi connectivity index (χ3v) is 3.66. The van der Waals surface area contributed by atoms with E-state index < -0.39 is 0 Å². The van der Waals surface area contributed by atoms with E-state index in [0.717, 1.165) is 23.8 Å². The van der Waals surface area contributed by atoms with Crippen molar-refractivity contribution in [1.82, 2.24) is 9.97 Å². The van der Waals surface area contributed by atoms with Crippen LogP contribution >= 0.6 is 11.8 Å². The summed E-state index contributed by atoms with van der Waals surface area (Å²) in [7, 11) is 0. The number of hydrazine groups is 1. The van der Waals surface area contributed by atoms with Crippen molar-refractivity contribution in [2.45, 2.75) is 39.5 Å². The third kappa shape index (κ3) is 5.65. The molecule has 1 aromatic rings. The van der Waals surface area contributed by atoms with Gasteiger partial charge in [-0.05, 0) is 38.7 Å². The van der Waals surface area contributed by atoms with Crippen molar-refractivity contribution in [3.05, 3.63) is 11.4 Å². The van der Waals surface area contributed by atoms with E-state index in [4.69, 9.17) is 5.84 Å². The summed E-state index contributed by atoms with van der Waals surface area (Å²) in [4.78, 5) is 8.65. The van der Waals surface area contributed by atoms with Gasteiger partial charge in [-0.1, -0.05) is 12.8 Å². The van der Waals surface area contributed by atoms with Gasteiger partial charge in [0, 0.05) is 12.1 Å². The van der Waals surface area contributed by atoms with E-state index in [1.807, 2.05) is 25.6 Å². The normalized spacial score (nSPS) is 10.5. The average molecular weight is 283 g/mol. The number of nitrogens with two attached hydrogens (primary N) is 1. The third-order valence-electron chi connectivity index (χ3n) is 2.96. The molecule has 0 saturated carbocycles. The molecule has 5 nitrogen and oxygen atoms in total. The predicted molar refractivity (Wildman–Crippen MR) is 84.7 cm³/mol. The fraction of sp³-hybridized carbons (Fsp3) is 0.692. The maximum atomic E-state index is 5.44. The number of hydrogen-bond donors (Lipinski definition) is 3. The quantitative estimate of drug-likeness (QED) is 0.367. The van der Waals surface area contributed by atoms with Crippen molar-refractivity contribution in [1.29, 1.82) is 0 Å². The van der Waals surface area contributed by atoms with E-state index in [2.05, 4.69) is 27.0 Å². The first-order chi connectivity index (χ1) is 9.19. The zero-order valence-electron chi connectivity index (χ0n) is 12.1. The Balaban J connectivity index is 2.35. The molecule has 0 amide bonds. The molecular weight excluding hydrogens is 258 g/mol. The van der Waals surface area contributed by atoms with Crippen molar-refractivity contribution in [3.63, 3.8) is 0 Å². The summed E-state index contributed by atoms with van der Waals surface area (Å²) in [6, 6.07) is 0. The van der Waals surface area contributed by atoms with E-state index in [1.165, 1.54) is 31.4 Å². The van der Waals surface area contributed by atoms with Crippen molar-refractivity contribution in [3.8, 4) is 0 Å².